The number of hydrogen-bond acceptors (Lipinski definition) is 3. The molecule has 2 rings (SSSR count). The lowest BCUT2D eigenvalue weighted by Crippen LogP contribution is -2.37. The zero-order chi connectivity index (χ0) is 10.2. The van der Waals surface area contributed by atoms with Crippen molar-refractivity contribution in [3.8, 4) is 0 Å². The summed E-state index contributed by atoms with van der Waals surface area (Å²) in [6.45, 7) is 0.410. The zero-order valence-electron chi connectivity index (χ0n) is 7.59. The van der Waals surface area contributed by atoms with E-state index in [1.807, 2.05) is 16.8 Å². The molecule has 0 radical (unpaired) electrons. The van der Waals surface area contributed by atoms with Gasteiger partial charge in [0, 0.05) is 12.6 Å². The van der Waals surface area contributed by atoms with Crippen LogP contribution >= 0.6 is 11.3 Å². The molecule has 1 aliphatic carbocycles. The van der Waals surface area contributed by atoms with E-state index in [1.165, 1.54) is 4.31 Å². The van der Waals surface area contributed by atoms with Crippen LogP contribution in [0.2, 0.25) is 0 Å². The first-order valence-corrected chi connectivity index (χ1v) is 6.82. The molecular formula is C8H12N2O2S2. The third kappa shape index (κ3) is 2.33. The molecule has 0 spiro atoms. The van der Waals surface area contributed by atoms with E-state index in [9.17, 15) is 8.42 Å². The standard InChI is InChI=1S/C8H12N2O2S2/c9-14(11,12)10(8-1-2-8)5-7-3-4-13-6-7/h3-4,6,8H,1-2,5H2,(H2,9,11,12). The largest absolute Gasteiger partial charge is 0.277 e. The van der Waals surface area contributed by atoms with E-state index in [0.717, 1.165) is 18.4 Å². The number of thiophene rings is 1. The van der Waals surface area contributed by atoms with Gasteiger partial charge >= 0.3 is 0 Å². The second-order valence-electron chi connectivity index (χ2n) is 3.45. The van der Waals surface area contributed by atoms with Crippen LogP contribution in [0.1, 0.15) is 18.4 Å². The molecule has 0 amide bonds. The predicted octanol–water partition coefficient (Wildman–Crippen LogP) is 0.916. The van der Waals surface area contributed by atoms with Gasteiger partial charge in [0.25, 0.3) is 10.2 Å². The summed E-state index contributed by atoms with van der Waals surface area (Å²) in [6, 6.07) is 2.05. The lowest BCUT2D eigenvalue weighted by molar-refractivity contribution is 0.400. The third-order valence-corrected chi connectivity index (χ3v) is 4.01. The first-order chi connectivity index (χ1) is 6.57. The highest BCUT2D eigenvalue weighted by Crippen LogP contribution is 2.29. The molecule has 1 heterocycles. The van der Waals surface area contributed by atoms with E-state index in [2.05, 4.69) is 0 Å². The van der Waals surface area contributed by atoms with E-state index in [1.54, 1.807) is 11.3 Å². The van der Waals surface area contributed by atoms with Gasteiger partial charge in [-0.2, -0.15) is 24.1 Å². The molecule has 2 N–H and O–H groups in total. The van der Waals surface area contributed by atoms with Crippen LogP contribution in [0.4, 0.5) is 0 Å². The average molecular weight is 232 g/mol. The SMILES string of the molecule is NS(=O)(=O)N(Cc1ccsc1)C1CC1. The predicted molar refractivity (Wildman–Crippen MR) is 56.0 cm³/mol. The Hall–Kier alpha value is -0.430. The molecule has 1 saturated carbocycles. The van der Waals surface area contributed by atoms with Gasteiger partial charge in [-0.05, 0) is 35.2 Å². The molecule has 1 aromatic rings. The van der Waals surface area contributed by atoms with Crippen molar-refractivity contribution < 1.29 is 8.42 Å². The summed E-state index contributed by atoms with van der Waals surface area (Å²) in [4.78, 5) is 0. The molecule has 0 aliphatic heterocycles. The first-order valence-electron chi connectivity index (χ1n) is 4.38. The number of nitrogens with two attached hydrogens (primary N) is 1. The van der Waals surface area contributed by atoms with Crippen LogP contribution in [0, 0.1) is 0 Å². The van der Waals surface area contributed by atoms with Crippen molar-refractivity contribution in [1.82, 2.24) is 4.31 Å². The van der Waals surface area contributed by atoms with Crippen molar-refractivity contribution in [3.63, 3.8) is 0 Å². The van der Waals surface area contributed by atoms with Crippen molar-refractivity contribution in [3.05, 3.63) is 22.4 Å². The van der Waals surface area contributed by atoms with Crippen LogP contribution in [0.3, 0.4) is 0 Å². The van der Waals surface area contributed by atoms with Crippen LogP contribution in [-0.4, -0.2) is 18.8 Å². The van der Waals surface area contributed by atoms with Gasteiger partial charge in [-0.15, -0.1) is 0 Å². The Kier molecular flexibility index (Phi) is 2.61. The minimum absolute atomic E-state index is 0.130. The highest BCUT2D eigenvalue weighted by molar-refractivity contribution is 7.86. The van der Waals surface area contributed by atoms with Crippen LogP contribution in [0.25, 0.3) is 0 Å². The Balaban J connectivity index is 2.13. The van der Waals surface area contributed by atoms with Crippen LogP contribution in [-0.2, 0) is 16.8 Å². The summed E-state index contributed by atoms with van der Waals surface area (Å²) in [5, 5.41) is 9.02. The average Bonchev–Trinajstić information content (AvgIpc) is 2.77. The summed E-state index contributed by atoms with van der Waals surface area (Å²) < 4.78 is 23.9. The number of nitrogens with zero attached hydrogens (tertiary/aromatic N) is 1. The minimum Gasteiger partial charge on any atom is -0.216 e. The Morgan fingerprint density at radius 3 is 2.71 bits per heavy atom. The van der Waals surface area contributed by atoms with E-state index in [4.69, 9.17) is 5.14 Å². The number of rotatable bonds is 4. The molecule has 1 fully saturated rings. The van der Waals surface area contributed by atoms with Gasteiger partial charge < -0.3 is 0 Å². The second kappa shape index (κ2) is 3.62. The second-order valence-corrected chi connectivity index (χ2v) is 5.73. The highest BCUT2D eigenvalue weighted by atomic mass is 32.2. The quantitative estimate of drug-likeness (QED) is 0.839. The zero-order valence-corrected chi connectivity index (χ0v) is 9.22. The fraction of sp³-hybridized carbons (Fsp3) is 0.500. The highest BCUT2D eigenvalue weighted by Gasteiger charge is 2.35. The van der Waals surface area contributed by atoms with Crippen molar-refractivity contribution in [2.75, 3.05) is 0 Å². The monoisotopic (exact) mass is 232 g/mol. The van der Waals surface area contributed by atoms with E-state index >= 15 is 0 Å². The van der Waals surface area contributed by atoms with Crippen molar-refractivity contribution >= 4 is 21.5 Å². The molecule has 78 valence electrons. The summed E-state index contributed by atoms with van der Waals surface area (Å²) >= 11 is 1.56. The molecule has 0 unspecified atom stereocenters. The minimum atomic E-state index is -3.54. The molecule has 6 heteroatoms. The van der Waals surface area contributed by atoms with E-state index in [-0.39, 0.29) is 6.04 Å². The topological polar surface area (TPSA) is 63.4 Å². The van der Waals surface area contributed by atoms with Crippen molar-refractivity contribution in [2.24, 2.45) is 5.14 Å². The molecular weight excluding hydrogens is 220 g/mol. The maximum Gasteiger partial charge on any atom is 0.277 e. The molecule has 14 heavy (non-hydrogen) atoms. The van der Waals surface area contributed by atoms with E-state index < -0.39 is 10.2 Å². The van der Waals surface area contributed by atoms with Gasteiger partial charge in [0.2, 0.25) is 0 Å². The van der Waals surface area contributed by atoms with Gasteiger partial charge in [-0.3, -0.25) is 0 Å². The molecule has 4 nitrogen and oxygen atoms in total. The van der Waals surface area contributed by atoms with Gasteiger partial charge in [0.15, 0.2) is 0 Å². The summed E-state index contributed by atoms with van der Waals surface area (Å²) in [7, 11) is -3.54. The Morgan fingerprint density at radius 2 is 2.29 bits per heavy atom. The normalized spacial score (nSPS) is 17.6. The Bertz CT molecular complexity index is 395. The fourth-order valence-electron chi connectivity index (χ4n) is 1.35. The van der Waals surface area contributed by atoms with Gasteiger partial charge in [-0.25, -0.2) is 5.14 Å². The molecule has 0 bridgehead atoms. The van der Waals surface area contributed by atoms with E-state index in [0.29, 0.717) is 6.54 Å². The first kappa shape index (κ1) is 10.1. The summed E-state index contributed by atoms with van der Waals surface area (Å²) in [5.41, 5.74) is 1.01. The maximum atomic E-state index is 11.2. The molecule has 1 aromatic heterocycles. The van der Waals surface area contributed by atoms with Gasteiger partial charge in [0.1, 0.15) is 0 Å². The maximum absolute atomic E-state index is 11.2. The Labute approximate surface area is 87.5 Å². The summed E-state index contributed by atoms with van der Waals surface area (Å²) in [6.07, 6.45) is 1.86. The van der Waals surface area contributed by atoms with Crippen molar-refractivity contribution in [2.45, 2.75) is 25.4 Å². The smallest absolute Gasteiger partial charge is 0.216 e. The fourth-order valence-corrected chi connectivity index (χ4v) is 2.97. The number of hydrogen-bond donors (Lipinski definition) is 1. The van der Waals surface area contributed by atoms with Crippen LogP contribution < -0.4 is 5.14 Å². The molecule has 0 atom stereocenters. The van der Waals surface area contributed by atoms with Crippen molar-refractivity contribution in [1.29, 1.82) is 0 Å². The van der Waals surface area contributed by atoms with Gasteiger partial charge in [-0.1, -0.05) is 0 Å². The van der Waals surface area contributed by atoms with Gasteiger partial charge in [0.05, 0.1) is 0 Å². The van der Waals surface area contributed by atoms with Crippen LogP contribution in [0.15, 0.2) is 16.8 Å². The third-order valence-electron chi connectivity index (χ3n) is 2.20. The molecule has 0 aromatic carbocycles. The molecule has 0 saturated heterocycles. The Morgan fingerprint density at radius 1 is 1.57 bits per heavy atom. The lowest BCUT2D eigenvalue weighted by Gasteiger charge is -2.17. The lowest BCUT2D eigenvalue weighted by atomic mass is 10.3. The van der Waals surface area contributed by atoms with Crippen LogP contribution in [0.5, 0.6) is 0 Å². The summed E-state index contributed by atoms with van der Waals surface area (Å²) in [5.74, 6) is 0. The molecule has 1 aliphatic rings.